The molecule has 0 fully saturated rings. The molecule has 0 unspecified atom stereocenters. The Morgan fingerprint density at radius 2 is 0.854 bits per heavy atom. The lowest BCUT2D eigenvalue weighted by Gasteiger charge is -2.28. The first kappa shape index (κ1) is 29.0. The second-order valence-corrected chi connectivity index (χ2v) is 15.8. The predicted octanol–water partition coefficient (Wildman–Crippen LogP) is 13.9. The maximum absolute atomic E-state index is 2.49. The van der Waals surface area contributed by atoms with E-state index >= 15 is 0 Å². The van der Waals surface area contributed by atoms with Crippen molar-refractivity contribution in [2.75, 3.05) is 0 Å². The summed E-state index contributed by atoms with van der Waals surface area (Å²) in [5.41, 5.74) is 13.4. The highest BCUT2D eigenvalue weighted by molar-refractivity contribution is 6.31. The summed E-state index contributed by atoms with van der Waals surface area (Å²) in [6.07, 6.45) is 0. The monoisotopic (exact) mass is 616 g/mol. The van der Waals surface area contributed by atoms with Crippen molar-refractivity contribution in [3.8, 4) is 44.5 Å². The zero-order valence-electron chi connectivity index (χ0n) is 28.7. The molecular formula is C48H40. The van der Waals surface area contributed by atoms with Crippen LogP contribution in [0.25, 0.3) is 87.6 Å². The maximum Gasteiger partial charge on any atom is -0.000719 e. The van der Waals surface area contributed by atoms with E-state index in [2.05, 4.69) is 175 Å². The summed E-state index contributed by atoms with van der Waals surface area (Å²) < 4.78 is 0. The Bertz CT molecular complexity index is 2570. The van der Waals surface area contributed by atoms with Gasteiger partial charge in [0.2, 0.25) is 0 Å². The number of hydrogen-bond acceptors (Lipinski definition) is 0. The van der Waals surface area contributed by atoms with E-state index in [4.69, 9.17) is 0 Å². The topological polar surface area (TPSA) is 0 Å². The molecule has 0 atom stereocenters. The molecular weight excluding hydrogens is 577 g/mol. The molecule has 0 heterocycles. The Hall–Kier alpha value is -5.20. The van der Waals surface area contributed by atoms with Gasteiger partial charge in [0.15, 0.2) is 0 Å². The standard InChI is InChI=1S/C48H40/c1-47(2,3)34-23-33(24-35(28-34)48(4,5)6)43-40-26-31-18-11-10-17-30(31)25-39(40)42(29-15-8-7-9-16-29)46-41-27-32-19-12-13-20-36(32)37-21-14-22-38(44(37)41)45(43)46/h7-28H,1-6H3. The summed E-state index contributed by atoms with van der Waals surface area (Å²) in [6, 6.07) is 50.6. The van der Waals surface area contributed by atoms with Crippen LogP contribution in [0.4, 0.5) is 0 Å². The van der Waals surface area contributed by atoms with Crippen molar-refractivity contribution >= 4 is 43.1 Å². The van der Waals surface area contributed by atoms with Gasteiger partial charge in [0, 0.05) is 0 Å². The molecule has 8 aromatic rings. The van der Waals surface area contributed by atoms with Crippen LogP contribution in [0, 0.1) is 0 Å². The summed E-state index contributed by atoms with van der Waals surface area (Å²) in [5.74, 6) is 0. The third kappa shape index (κ3) is 4.29. The smallest absolute Gasteiger partial charge is 0.000719 e. The van der Waals surface area contributed by atoms with Gasteiger partial charge in [-0.1, -0.05) is 157 Å². The van der Waals surface area contributed by atoms with Crippen LogP contribution < -0.4 is 0 Å². The average molecular weight is 617 g/mol. The fraction of sp³-hybridized carbons (Fsp3) is 0.167. The summed E-state index contributed by atoms with van der Waals surface area (Å²) in [5, 5.41) is 10.5. The number of hydrogen-bond donors (Lipinski definition) is 0. The minimum atomic E-state index is 0.00631. The SMILES string of the molecule is CC(C)(C)c1cc(-c2c3c(c(-c4ccccc4)c4cc5ccccc5cc24)-c2cc4ccccc4c4cccc-3c24)cc(C(C)(C)C)c1. The van der Waals surface area contributed by atoms with Crippen molar-refractivity contribution in [1.29, 1.82) is 0 Å². The van der Waals surface area contributed by atoms with Gasteiger partial charge in [0.25, 0.3) is 0 Å². The highest BCUT2D eigenvalue weighted by Gasteiger charge is 2.32. The predicted molar refractivity (Wildman–Crippen MR) is 209 cm³/mol. The van der Waals surface area contributed by atoms with E-state index in [9.17, 15) is 0 Å². The van der Waals surface area contributed by atoms with Gasteiger partial charge in [-0.05, 0) is 128 Å². The molecule has 0 N–H and O–H groups in total. The van der Waals surface area contributed by atoms with E-state index in [1.54, 1.807) is 0 Å². The quantitative estimate of drug-likeness (QED) is 0.134. The minimum absolute atomic E-state index is 0.00631. The Balaban J connectivity index is 1.56. The molecule has 1 aliphatic carbocycles. The van der Waals surface area contributed by atoms with E-state index in [0.717, 1.165) is 0 Å². The van der Waals surface area contributed by atoms with Crippen molar-refractivity contribution in [2.24, 2.45) is 0 Å². The van der Waals surface area contributed by atoms with Gasteiger partial charge in [0.05, 0.1) is 0 Å². The molecule has 8 aromatic carbocycles. The van der Waals surface area contributed by atoms with Crippen LogP contribution in [0.3, 0.4) is 0 Å². The van der Waals surface area contributed by atoms with Crippen molar-refractivity contribution in [1.82, 2.24) is 0 Å². The van der Waals surface area contributed by atoms with Gasteiger partial charge < -0.3 is 0 Å². The van der Waals surface area contributed by atoms with Gasteiger partial charge in [-0.3, -0.25) is 0 Å². The second kappa shape index (κ2) is 10.1. The van der Waals surface area contributed by atoms with Crippen molar-refractivity contribution in [2.45, 2.75) is 52.4 Å². The van der Waals surface area contributed by atoms with Gasteiger partial charge in [0.1, 0.15) is 0 Å². The van der Waals surface area contributed by atoms with Gasteiger partial charge in [-0.2, -0.15) is 0 Å². The number of fused-ring (bicyclic) bond motifs is 7. The lowest BCUT2D eigenvalue weighted by atomic mass is 9.76. The molecule has 0 spiro atoms. The fourth-order valence-electron chi connectivity index (χ4n) is 8.12. The molecule has 1 aliphatic rings. The molecule has 232 valence electrons. The highest BCUT2D eigenvalue weighted by atomic mass is 14.3. The van der Waals surface area contributed by atoms with E-state index in [1.807, 2.05) is 0 Å². The maximum atomic E-state index is 2.49. The molecule has 0 amide bonds. The molecule has 0 aromatic heterocycles. The summed E-state index contributed by atoms with van der Waals surface area (Å²) in [6.45, 7) is 14.1. The molecule has 0 bridgehead atoms. The zero-order valence-corrected chi connectivity index (χ0v) is 28.7. The van der Waals surface area contributed by atoms with Gasteiger partial charge in [-0.25, -0.2) is 0 Å². The molecule has 0 saturated heterocycles. The van der Waals surface area contributed by atoms with Crippen LogP contribution in [0.2, 0.25) is 0 Å². The van der Waals surface area contributed by atoms with Gasteiger partial charge >= 0.3 is 0 Å². The molecule has 0 nitrogen and oxygen atoms in total. The normalized spacial score (nSPS) is 12.8. The van der Waals surface area contributed by atoms with Crippen LogP contribution in [0.15, 0.2) is 133 Å². The average Bonchev–Trinajstić information content (AvgIpc) is 3.40. The third-order valence-corrected chi connectivity index (χ3v) is 10.6. The Kier molecular flexibility index (Phi) is 6.13. The van der Waals surface area contributed by atoms with E-state index in [-0.39, 0.29) is 10.8 Å². The first-order valence-corrected chi connectivity index (χ1v) is 17.3. The Labute approximate surface area is 283 Å². The molecule has 0 heteroatoms. The Morgan fingerprint density at radius 3 is 1.48 bits per heavy atom. The molecule has 0 saturated carbocycles. The van der Waals surface area contributed by atoms with Crippen molar-refractivity contribution < 1.29 is 0 Å². The van der Waals surface area contributed by atoms with Crippen LogP contribution in [0.5, 0.6) is 0 Å². The number of benzene rings is 8. The van der Waals surface area contributed by atoms with Crippen LogP contribution in [-0.4, -0.2) is 0 Å². The summed E-state index contributed by atoms with van der Waals surface area (Å²) in [4.78, 5) is 0. The van der Waals surface area contributed by atoms with E-state index in [1.165, 1.54) is 98.7 Å². The minimum Gasteiger partial charge on any atom is -0.0622 e. The van der Waals surface area contributed by atoms with E-state index in [0.29, 0.717) is 0 Å². The second-order valence-electron chi connectivity index (χ2n) is 15.8. The first-order chi connectivity index (χ1) is 23.1. The zero-order chi connectivity index (χ0) is 32.9. The van der Waals surface area contributed by atoms with Crippen molar-refractivity contribution in [3.05, 3.63) is 145 Å². The molecule has 0 aliphatic heterocycles. The largest absolute Gasteiger partial charge is 0.0622 e. The van der Waals surface area contributed by atoms with Crippen LogP contribution >= 0.6 is 0 Å². The van der Waals surface area contributed by atoms with Gasteiger partial charge in [-0.15, -0.1) is 0 Å². The highest BCUT2D eigenvalue weighted by Crippen LogP contribution is 2.59. The fourth-order valence-corrected chi connectivity index (χ4v) is 8.12. The lowest BCUT2D eigenvalue weighted by molar-refractivity contribution is 0.569. The number of rotatable bonds is 2. The third-order valence-electron chi connectivity index (χ3n) is 10.6. The first-order valence-electron chi connectivity index (χ1n) is 17.3. The summed E-state index contributed by atoms with van der Waals surface area (Å²) >= 11 is 0. The summed E-state index contributed by atoms with van der Waals surface area (Å²) in [7, 11) is 0. The molecule has 0 radical (unpaired) electrons. The Morgan fingerprint density at radius 1 is 0.333 bits per heavy atom. The van der Waals surface area contributed by atoms with Crippen LogP contribution in [-0.2, 0) is 10.8 Å². The lowest BCUT2D eigenvalue weighted by Crippen LogP contribution is -2.16. The van der Waals surface area contributed by atoms with Crippen LogP contribution in [0.1, 0.15) is 52.7 Å². The molecule has 48 heavy (non-hydrogen) atoms. The van der Waals surface area contributed by atoms with E-state index < -0.39 is 0 Å². The molecule has 9 rings (SSSR count). The van der Waals surface area contributed by atoms with Crippen molar-refractivity contribution in [3.63, 3.8) is 0 Å².